The van der Waals surface area contributed by atoms with Crippen LogP contribution in [0.3, 0.4) is 0 Å². The van der Waals surface area contributed by atoms with Gasteiger partial charge in [-0.2, -0.15) is 0 Å². The molecule has 0 aromatic rings. The van der Waals surface area contributed by atoms with Gasteiger partial charge in [0.1, 0.15) is 0 Å². The Morgan fingerprint density at radius 1 is 1.32 bits per heavy atom. The van der Waals surface area contributed by atoms with Gasteiger partial charge in [-0.25, -0.2) is 4.79 Å². The molecule has 2 fully saturated rings. The fraction of sp³-hybridized carbons (Fsp3) is 0.846. The van der Waals surface area contributed by atoms with E-state index in [1.54, 1.807) is 0 Å². The van der Waals surface area contributed by atoms with Gasteiger partial charge in [-0.15, -0.1) is 0 Å². The molecule has 1 saturated heterocycles. The number of imide groups is 1. The van der Waals surface area contributed by atoms with Crippen LogP contribution in [0.4, 0.5) is 4.79 Å². The lowest BCUT2D eigenvalue weighted by Gasteiger charge is -2.29. The summed E-state index contributed by atoms with van der Waals surface area (Å²) in [5.41, 5.74) is 0. The largest absolute Gasteiger partial charge is 0.341 e. The zero-order valence-electron chi connectivity index (χ0n) is 11.6. The van der Waals surface area contributed by atoms with Gasteiger partial charge in [0.2, 0.25) is 5.91 Å². The minimum Gasteiger partial charge on any atom is -0.341 e. The molecule has 0 bridgehead atoms. The van der Waals surface area contributed by atoms with Gasteiger partial charge in [-0.3, -0.25) is 15.0 Å². The summed E-state index contributed by atoms with van der Waals surface area (Å²) in [5.74, 6) is 0.414. The maximum atomic E-state index is 11.8. The van der Waals surface area contributed by atoms with Crippen LogP contribution < -0.4 is 16.0 Å². The molecule has 108 valence electrons. The van der Waals surface area contributed by atoms with Crippen molar-refractivity contribution in [3.8, 4) is 0 Å². The van der Waals surface area contributed by atoms with E-state index in [9.17, 15) is 9.59 Å². The second kappa shape index (κ2) is 6.86. The van der Waals surface area contributed by atoms with Crippen LogP contribution in [-0.4, -0.2) is 56.1 Å². The molecule has 6 heteroatoms. The molecule has 1 saturated carbocycles. The maximum absolute atomic E-state index is 11.8. The van der Waals surface area contributed by atoms with Crippen LogP contribution in [-0.2, 0) is 4.79 Å². The molecule has 19 heavy (non-hydrogen) atoms. The number of nitrogens with zero attached hydrogens (tertiary/aromatic N) is 1. The number of urea groups is 1. The Labute approximate surface area is 114 Å². The molecule has 1 atom stereocenters. The van der Waals surface area contributed by atoms with Crippen LogP contribution in [0.2, 0.25) is 0 Å². The van der Waals surface area contributed by atoms with Gasteiger partial charge in [0.05, 0.1) is 6.54 Å². The predicted molar refractivity (Wildman–Crippen MR) is 72.8 cm³/mol. The number of amides is 3. The first-order valence-corrected chi connectivity index (χ1v) is 7.15. The number of nitrogens with one attached hydrogen (secondary N) is 3. The first-order valence-electron chi connectivity index (χ1n) is 7.15. The number of rotatable bonds is 5. The molecule has 6 nitrogen and oxygen atoms in total. The molecule has 0 radical (unpaired) electrons. The summed E-state index contributed by atoms with van der Waals surface area (Å²) in [6, 6.07) is 0.109. The summed E-state index contributed by atoms with van der Waals surface area (Å²) in [5, 5.41) is 8.13. The van der Waals surface area contributed by atoms with E-state index in [1.807, 2.05) is 0 Å². The quantitative estimate of drug-likeness (QED) is 0.651. The molecule has 2 aliphatic rings. The maximum Gasteiger partial charge on any atom is 0.321 e. The fourth-order valence-electron chi connectivity index (χ4n) is 2.61. The third-order valence-corrected chi connectivity index (χ3v) is 3.78. The molecule has 3 amide bonds. The summed E-state index contributed by atoms with van der Waals surface area (Å²) >= 11 is 0. The molecule has 0 aromatic carbocycles. The highest BCUT2D eigenvalue weighted by atomic mass is 16.2. The van der Waals surface area contributed by atoms with Crippen molar-refractivity contribution in [3.63, 3.8) is 0 Å². The molecule has 2 rings (SSSR count). The van der Waals surface area contributed by atoms with E-state index in [4.69, 9.17) is 0 Å². The van der Waals surface area contributed by atoms with Crippen LogP contribution >= 0.6 is 0 Å². The van der Waals surface area contributed by atoms with Crippen molar-refractivity contribution in [1.82, 2.24) is 20.9 Å². The molecule has 1 unspecified atom stereocenters. The summed E-state index contributed by atoms with van der Waals surface area (Å²) in [6.45, 7) is 3.44. The van der Waals surface area contributed by atoms with Gasteiger partial charge < -0.3 is 10.6 Å². The Balaban J connectivity index is 1.78. The Morgan fingerprint density at radius 3 is 2.68 bits per heavy atom. The van der Waals surface area contributed by atoms with Crippen LogP contribution in [0.1, 0.15) is 25.7 Å². The zero-order valence-corrected chi connectivity index (χ0v) is 11.6. The highest BCUT2D eigenvalue weighted by Crippen LogP contribution is 2.28. The fourth-order valence-corrected chi connectivity index (χ4v) is 2.61. The summed E-state index contributed by atoms with van der Waals surface area (Å²) in [4.78, 5) is 25.1. The van der Waals surface area contributed by atoms with E-state index in [0.29, 0.717) is 18.5 Å². The lowest BCUT2D eigenvalue weighted by Crippen LogP contribution is -2.46. The number of hydrogen-bond donors (Lipinski definition) is 3. The summed E-state index contributed by atoms with van der Waals surface area (Å²) < 4.78 is 0. The van der Waals surface area contributed by atoms with Crippen molar-refractivity contribution < 1.29 is 9.59 Å². The molecule has 1 aliphatic heterocycles. The first kappa shape index (κ1) is 14.3. The van der Waals surface area contributed by atoms with E-state index in [2.05, 4.69) is 20.9 Å². The van der Waals surface area contributed by atoms with E-state index in [-0.39, 0.29) is 5.91 Å². The van der Waals surface area contributed by atoms with E-state index >= 15 is 0 Å². The number of hydrogen-bond acceptors (Lipinski definition) is 4. The van der Waals surface area contributed by atoms with Crippen LogP contribution in [0.25, 0.3) is 0 Å². The van der Waals surface area contributed by atoms with Crippen molar-refractivity contribution in [2.75, 3.05) is 33.2 Å². The number of carbonyl (C=O) groups excluding carboxylic acids is 2. The lowest BCUT2D eigenvalue weighted by molar-refractivity contribution is -0.121. The van der Waals surface area contributed by atoms with Crippen molar-refractivity contribution in [1.29, 1.82) is 0 Å². The van der Waals surface area contributed by atoms with Gasteiger partial charge in [-0.05, 0) is 44.7 Å². The Kier molecular flexibility index (Phi) is 5.15. The standard InChI is InChI=1S/C13H24N4O2/c1-14-13(19)16-12(18)9-17(11-4-5-11)8-10-3-2-6-15-7-10/h10-11,15H,2-9H2,1H3,(H2,14,16,18,19). The summed E-state index contributed by atoms with van der Waals surface area (Å²) in [7, 11) is 1.51. The van der Waals surface area contributed by atoms with Gasteiger partial charge in [0, 0.05) is 19.6 Å². The predicted octanol–water partition coefficient (Wildman–Crippen LogP) is -0.0940. The van der Waals surface area contributed by atoms with Crippen LogP contribution in [0.15, 0.2) is 0 Å². The molecular weight excluding hydrogens is 244 g/mol. The average Bonchev–Trinajstić information content (AvgIpc) is 3.23. The van der Waals surface area contributed by atoms with Gasteiger partial charge in [0.15, 0.2) is 0 Å². The molecular formula is C13H24N4O2. The lowest BCUT2D eigenvalue weighted by atomic mass is 9.99. The smallest absolute Gasteiger partial charge is 0.321 e. The van der Waals surface area contributed by atoms with Gasteiger partial charge >= 0.3 is 6.03 Å². The highest BCUT2D eigenvalue weighted by molar-refractivity contribution is 5.95. The van der Waals surface area contributed by atoms with Gasteiger partial charge in [-0.1, -0.05) is 0 Å². The molecule has 1 aliphatic carbocycles. The Hall–Kier alpha value is -1.14. The molecule has 3 N–H and O–H groups in total. The normalized spacial score (nSPS) is 23.2. The molecule has 0 spiro atoms. The van der Waals surface area contributed by atoms with Crippen LogP contribution in [0, 0.1) is 5.92 Å². The zero-order chi connectivity index (χ0) is 13.7. The second-order valence-corrected chi connectivity index (χ2v) is 5.50. The van der Waals surface area contributed by atoms with Crippen molar-refractivity contribution in [2.24, 2.45) is 5.92 Å². The van der Waals surface area contributed by atoms with E-state index < -0.39 is 6.03 Å². The summed E-state index contributed by atoms with van der Waals surface area (Å²) in [6.07, 6.45) is 4.79. The minimum absolute atomic E-state index is 0.213. The number of carbonyl (C=O) groups is 2. The first-order chi connectivity index (χ1) is 9.19. The minimum atomic E-state index is -0.430. The topological polar surface area (TPSA) is 73.5 Å². The number of piperidine rings is 1. The third kappa shape index (κ3) is 4.80. The molecule has 1 heterocycles. The van der Waals surface area contributed by atoms with E-state index in [1.165, 1.54) is 32.7 Å². The van der Waals surface area contributed by atoms with Crippen LogP contribution in [0.5, 0.6) is 0 Å². The van der Waals surface area contributed by atoms with Crippen molar-refractivity contribution in [2.45, 2.75) is 31.7 Å². The third-order valence-electron chi connectivity index (χ3n) is 3.78. The van der Waals surface area contributed by atoms with Crippen molar-refractivity contribution in [3.05, 3.63) is 0 Å². The monoisotopic (exact) mass is 268 g/mol. The Morgan fingerprint density at radius 2 is 2.11 bits per heavy atom. The average molecular weight is 268 g/mol. The second-order valence-electron chi connectivity index (χ2n) is 5.50. The highest BCUT2D eigenvalue weighted by Gasteiger charge is 2.32. The van der Waals surface area contributed by atoms with Crippen molar-refractivity contribution >= 4 is 11.9 Å². The van der Waals surface area contributed by atoms with Gasteiger partial charge in [0.25, 0.3) is 0 Å². The van der Waals surface area contributed by atoms with E-state index in [0.717, 1.165) is 19.6 Å². The molecule has 0 aromatic heterocycles. The Bertz CT molecular complexity index is 325. The SMILES string of the molecule is CNC(=O)NC(=O)CN(CC1CCCNC1)C1CC1.